The molecule has 3 rings (SSSR count). The van der Waals surface area contributed by atoms with Gasteiger partial charge in [-0.15, -0.1) is 0 Å². The first kappa shape index (κ1) is 19.5. The van der Waals surface area contributed by atoms with E-state index in [0.717, 1.165) is 68.4 Å². The van der Waals surface area contributed by atoms with Gasteiger partial charge in [0.15, 0.2) is 0 Å². The van der Waals surface area contributed by atoms with E-state index >= 15 is 0 Å². The highest BCUT2D eigenvalue weighted by atomic mass is 19.1. The van der Waals surface area contributed by atoms with Crippen molar-refractivity contribution in [3.63, 3.8) is 0 Å². The first-order valence-corrected chi connectivity index (χ1v) is 9.53. The van der Waals surface area contributed by atoms with Crippen LogP contribution in [0.1, 0.15) is 24.4 Å². The Labute approximate surface area is 160 Å². The molecule has 1 atom stereocenters. The maximum Gasteiger partial charge on any atom is 0.132 e. The van der Waals surface area contributed by atoms with Crippen LogP contribution in [0.25, 0.3) is 0 Å². The van der Waals surface area contributed by atoms with E-state index in [0.29, 0.717) is 6.54 Å². The van der Waals surface area contributed by atoms with Gasteiger partial charge in [0.1, 0.15) is 17.5 Å². The second-order valence-electron chi connectivity index (χ2n) is 6.89. The zero-order valence-corrected chi connectivity index (χ0v) is 16.0. The van der Waals surface area contributed by atoms with E-state index < -0.39 is 0 Å². The molecule has 27 heavy (non-hydrogen) atoms. The minimum atomic E-state index is -0.218. The first-order chi connectivity index (χ1) is 13.2. The molecule has 0 spiro atoms. The molecule has 7 heteroatoms. The summed E-state index contributed by atoms with van der Waals surface area (Å²) in [4.78, 5) is 13.4. The highest BCUT2D eigenvalue weighted by Crippen LogP contribution is 2.24. The predicted molar refractivity (Wildman–Crippen MR) is 109 cm³/mol. The summed E-state index contributed by atoms with van der Waals surface area (Å²) in [5, 5.41) is 3.32. The molecule has 0 bridgehead atoms. The Morgan fingerprint density at radius 2 is 1.96 bits per heavy atom. The quantitative estimate of drug-likeness (QED) is 0.611. The van der Waals surface area contributed by atoms with E-state index in [-0.39, 0.29) is 11.9 Å². The average Bonchev–Trinajstić information content (AvgIpc) is 2.72. The Morgan fingerprint density at radius 1 is 1.26 bits per heavy atom. The zero-order valence-electron chi connectivity index (χ0n) is 16.0. The van der Waals surface area contributed by atoms with Crippen molar-refractivity contribution < 1.29 is 4.39 Å². The third kappa shape index (κ3) is 4.36. The lowest BCUT2D eigenvalue weighted by molar-refractivity contribution is 0.135. The molecule has 0 saturated carbocycles. The number of aliphatic imine (C=N–C) groups is 2. The summed E-state index contributed by atoms with van der Waals surface area (Å²) in [6.07, 6.45) is 2.04. The molecule has 3 N–H and O–H groups in total. The fourth-order valence-electron chi connectivity index (χ4n) is 3.96. The number of nitrogens with zero attached hydrogens (tertiary/aromatic N) is 4. The highest BCUT2D eigenvalue weighted by Gasteiger charge is 2.28. The van der Waals surface area contributed by atoms with Gasteiger partial charge in [0.25, 0.3) is 0 Å². The molecule has 1 fully saturated rings. The Balaban J connectivity index is 1.69. The molecule has 0 amide bonds. The largest absolute Gasteiger partial charge is 0.370 e. The van der Waals surface area contributed by atoms with Crippen LogP contribution in [0.15, 0.2) is 45.6 Å². The van der Waals surface area contributed by atoms with E-state index in [1.165, 1.54) is 12.1 Å². The molecule has 2 aliphatic rings. The van der Waals surface area contributed by atoms with Gasteiger partial charge in [-0.05, 0) is 37.3 Å². The highest BCUT2D eigenvalue weighted by molar-refractivity contribution is 5.99. The maximum absolute atomic E-state index is 13.2. The lowest BCUT2D eigenvalue weighted by Crippen LogP contribution is -2.51. The Hall–Kier alpha value is -2.25. The summed E-state index contributed by atoms with van der Waals surface area (Å²) in [7, 11) is 1.84. The molecular weight excluding hydrogens is 343 g/mol. The number of nitrogens with two attached hydrogens (primary N) is 1. The molecule has 146 valence electrons. The SMILES string of the molecule is C=NC1=C(C(=NC)N2CCN(C(CN)c3ccc(F)cc3)CC2)CCCN1. The summed E-state index contributed by atoms with van der Waals surface area (Å²) >= 11 is 0. The third-order valence-electron chi connectivity index (χ3n) is 5.35. The van der Waals surface area contributed by atoms with Crippen molar-refractivity contribution in [2.45, 2.75) is 18.9 Å². The van der Waals surface area contributed by atoms with E-state index in [9.17, 15) is 4.39 Å². The van der Waals surface area contributed by atoms with Crippen LogP contribution >= 0.6 is 0 Å². The molecule has 2 aliphatic heterocycles. The fraction of sp³-hybridized carbons (Fsp3) is 0.500. The van der Waals surface area contributed by atoms with Crippen LogP contribution in [0.3, 0.4) is 0 Å². The van der Waals surface area contributed by atoms with Gasteiger partial charge in [0.05, 0.1) is 0 Å². The summed E-state index contributed by atoms with van der Waals surface area (Å²) in [5.41, 5.74) is 8.26. The third-order valence-corrected chi connectivity index (χ3v) is 5.35. The van der Waals surface area contributed by atoms with Gasteiger partial charge in [-0.1, -0.05) is 12.1 Å². The van der Waals surface area contributed by atoms with Crippen molar-refractivity contribution in [2.24, 2.45) is 15.7 Å². The molecule has 0 radical (unpaired) electrons. The van der Waals surface area contributed by atoms with Crippen LogP contribution in [0.4, 0.5) is 4.39 Å². The Kier molecular flexibility index (Phi) is 6.58. The lowest BCUT2D eigenvalue weighted by atomic mass is 10.0. The minimum Gasteiger partial charge on any atom is -0.370 e. The van der Waals surface area contributed by atoms with Gasteiger partial charge in [-0.25, -0.2) is 9.38 Å². The van der Waals surface area contributed by atoms with Gasteiger partial charge in [0.2, 0.25) is 0 Å². The van der Waals surface area contributed by atoms with Crippen molar-refractivity contribution in [3.8, 4) is 0 Å². The van der Waals surface area contributed by atoms with Gasteiger partial charge in [-0.2, -0.15) is 0 Å². The fourth-order valence-corrected chi connectivity index (χ4v) is 3.96. The summed E-state index contributed by atoms with van der Waals surface area (Å²) in [6.45, 7) is 8.65. The first-order valence-electron chi connectivity index (χ1n) is 9.53. The number of hydrogen-bond acceptors (Lipinski definition) is 5. The Morgan fingerprint density at radius 3 is 2.56 bits per heavy atom. The maximum atomic E-state index is 13.2. The van der Waals surface area contributed by atoms with Gasteiger partial charge < -0.3 is 16.0 Å². The van der Waals surface area contributed by atoms with Crippen LogP contribution in [0.2, 0.25) is 0 Å². The topological polar surface area (TPSA) is 69.2 Å². The molecule has 1 aromatic rings. The van der Waals surface area contributed by atoms with Crippen molar-refractivity contribution in [1.82, 2.24) is 15.1 Å². The molecule has 0 aliphatic carbocycles. The van der Waals surface area contributed by atoms with E-state index in [4.69, 9.17) is 5.73 Å². The summed E-state index contributed by atoms with van der Waals surface area (Å²) < 4.78 is 13.2. The number of hydrogen-bond donors (Lipinski definition) is 2. The van der Waals surface area contributed by atoms with Gasteiger partial charge >= 0.3 is 0 Å². The minimum absolute atomic E-state index is 0.107. The Bertz CT molecular complexity index is 704. The average molecular weight is 372 g/mol. The van der Waals surface area contributed by atoms with Crippen molar-refractivity contribution in [1.29, 1.82) is 0 Å². The monoisotopic (exact) mass is 372 g/mol. The van der Waals surface area contributed by atoms with E-state index in [1.54, 1.807) is 0 Å². The normalized spacial score (nSPS) is 20.4. The molecule has 1 aromatic carbocycles. The number of piperazine rings is 1. The number of amidine groups is 1. The number of halogens is 1. The van der Waals surface area contributed by atoms with Crippen LogP contribution < -0.4 is 11.1 Å². The van der Waals surface area contributed by atoms with Gasteiger partial charge in [-0.3, -0.25) is 9.89 Å². The summed E-state index contributed by atoms with van der Waals surface area (Å²) in [6, 6.07) is 6.78. The lowest BCUT2D eigenvalue weighted by Gasteiger charge is -2.41. The number of nitrogens with one attached hydrogen (secondary N) is 1. The number of benzene rings is 1. The zero-order chi connectivity index (χ0) is 19.2. The van der Waals surface area contributed by atoms with E-state index in [2.05, 4.69) is 31.8 Å². The second kappa shape index (κ2) is 9.10. The summed E-state index contributed by atoms with van der Waals surface area (Å²) in [5.74, 6) is 1.65. The van der Waals surface area contributed by atoms with Crippen LogP contribution in [-0.2, 0) is 0 Å². The second-order valence-corrected chi connectivity index (χ2v) is 6.89. The van der Waals surface area contributed by atoms with Crippen molar-refractivity contribution in [2.75, 3.05) is 46.3 Å². The predicted octanol–water partition coefficient (Wildman–Crippen LogP) is 1.77. The number of rotatable bonds is 5. The van der Waals surface area contributed by atoms with Crippen molar-refractivity contribution >= 4 is 12.6 Å². The van der Waals surface area contributed by atoms with Crippen molar-refractivity contribution in [3.05, 3.63) is 47.0 Å². The molecule has 1 saturated heterocycles. The standard InChI is InChI=1S/C20H29FN6/c1-23-19-17(4-3-9-25-19)20(24-2)27-12-10-26(11-13-27)18(14-22)15-5-7-16(21)8-6-15/h5-8,18,25H,1,3-4,9-14,22H2,2H3. The smallest absolute Gasteiger partial charge is 0.132 e. The molecule has 6 nitrogen and oxygen atoms in total. The van der Waals surface area contributed by atoms with E-state index in [1.807, 2.05) is 19.2 Å². The van der Waals surface area contributed by atoms with Crippen LogP contribution in [-0.4, -0.2) is 68.7 Å². The molecule has 2 heterocycles. The van der Waals surface area contributed by atoms with Crippen LogP contribution in [0, 0.1) is 5.82 Å². The molecule has 0 aromatic heterocycles. The molecule has 1 unspecified atom stereocenters. The van der Waals surface area contributed by atoms with Gasteiger partial charge in [0, 0.05) is 57.9 Å². The van der Waals surface area contributed by atoms with Crippen LogP contribution in [0.5, 0.6) is 0 Å². The molecular formula is C20H29FN6.